The second kappa shape index (κ2) is 10.0. The molecule has 4 rings (SSSR count). The number of hydrogen-bond acceptors (Lipinski definition) is 7. The van der Waals surface area contributed by atoms with Gasteiger partial charge in [0.1, 0.15) is 11.1 Å². The van der Waals surface area contributed by atoms with E-state index in [9.17, 15) is 10.1 Å². The van der Waals surface area contributed by atoms with Gasteiger partial charge < -0.3 is 5.32 Å². The number of nitrogens with zero attached hydrogens (tertiary/aromatic N) is 4. The number of aryl methyl sites for hydroxylation is 2. The van der Waals surface area contributed by atoms with Gasteiger partial charge in [0.25, 0.3) is 0 Å². The van der Waals surface area contributed by atoms with E-state index in [0.29, 0.717) is 22.3 Å². The van der Waals surface area contributed by atoms with E-state index in [-0.39, 0.29) is 11.7 Å². The van der Waals surface area contributed by atoms with E-state index in [0.717, 1.165) is 42.6 Å². The summed E-state index contributed by atoms with van der Waals surface area (Å²) in [5, 5.41) is 24.9. The molecule has 0 bridgehead atoms. The van der Waals surface area contributed by atoms with E-state index >= 15 is 0 Å². The molecule has 1 aliphatic carbocycles. The van der Waals surface area contributed by atoms with Gasteiger partial charge in [-0.15, -0.1) is 39.4 Å². The summed E-state index contributed by atoms with van der Waals surface area (Å²) in [7, 11) is 0. The number of anilines is 1. The van der Waals surface area contributed by atoms with Gasteiger partial charge in [0.2, 0.25) is 5.91 Å². The molecule has 1 N–H and O–H groups in total. The van der Waals surface area contributed by atoms with Crippen molar-refractivity contribution in [3.05, 3.63) is 44.5 Å². The zero-order valence-corrected chi connectivity index (χ0v) is 20.7. The lowest BCUT2D eigenvalue weighted by Crippen LogP contribution is -2.14. The van der Waals surface area contributed by atoms with Crippen molar-refractivity contribution in [3.8, 4) is 17.5 Å². The van der Waals surface area contributed by atoms with Gasteiger partial charge in [-0.25, -0.2) is 0 Å². The maximum Gasteiger partial charge on any atom is 0.235 e. The number of nitrogens with one attached hydrogen (secondary N) is 1. The van der Waals surface area contributed by atoms with Gasteiger partial charge >= 0.3 is 0 Å². The summed E-state index contributed by atoms with van der Waals surface area (Å²) in [6.07, 6.45) is 7.17. The van der Waals surface area contributed by atoms with Gasteiger partial charge in [-0.2, -0.15) is 5.26 Å². The number of thiophene rings is 2. The van der Waals surface area contributed by atoms with E-state index in [1.807, 2.05) is 10.6 Å². The second-order valence-electron chi connectivity index (χ2n) is 7.75. The molecule has 0 atom stereocenters. The zero-order chi connectivity index (χ0) is 22.7. The fourth-order valence-electron chi connectivity index (χ4n) is 3.86. The monoisotopic (exact) mass is 483 g/mol. The molecule has 166 valence electrons. The van der Waals surface area contributed by atoms with Crippen LogP contribution in [0.25, 0.3) is 11.4 Å². The van der Waals surface area contributed by atoms with Crippen molar-refractivity contribution >= 4 is 45.3 Å². The van der Waals surface area contributed by atoms with Crippen LogP contribution >= 0.6 is 34.4 Å². The molecule has 0 aromatic carbocycles. The molecule has 3 aromatic heterocycles. The van der Waals surface area contributed by atoms with Crippen molar-refractivity contribution in [2.75, 3.05) is 11.1 Å². The van der Waals surface area contributed by atoms with E-state index < -0.39 is 0 Å². The van der Waals surface area contributed by atoms with Crippen LogP contribution in [0.15, 0.2) is 23.2 Å². The molecule has 6 nitrogen and oxygen atoms in total. The molecule has 0 radical (unpaired) electrons. The van der Waals surface area contributed by atoms with Crippen molar-refractivity contribution in [2.24, 2.45) is 0 Å². The predicted molar refractivity (Wildman–Crippen MR) is 133 cm³/mol. The number of carbonyl (C=O) groups excluding carboxylic acids is 1. The van der Waals surface area contributed by atoms with Crippen LogP contribution in [0.1, 0.15) is 45.7 Å². The number of carbonyl (C=O) groups is 1. The van der Waals surface area contributed by atoms with E-state index in [1.54, 1.807) is 22.7 Å². The molecule has 3 heterocycles. The van der Waals surface area contributed by atoms with Crippen LogP contribution in [0.5, 0.6) is 0 Å². The Labute approximate surface area is 200 Å². The summed E-state index contributed by atoms with van der Waals surface area (Å²) in [5.74, 6) is 0.855. The summed E-state index contributed by atoms with van der Waals surface area (Å²) in [6.45, 7) is 8.60. The lowest BCUT2D eigenvalue weighted by Gasteiger charge is -2.08. The van der Waals surface area contributed by atoms with Crippen LogP contribution in [-0.4, -0.2) is 26.4 Å². The van der Waals surface area contributed by atoms with Crippen molar-refractivity contribution in [1.29, 1.82) is 5.26 Å². The van der Waals surface area contributed by atoms with Crippen LogP contribution in [0.2, 0.25) is 0 Å². The minimum Gasteiger partial charge on any atom is -0.316 e. The summed E-state index contributed by atoms with van der Waals surface area (Å²) in [6, 6.07) is 2.32. The van der Waals surface area contributed by atoms with E-state index in [2.05, 4.69) is 47.4 Å². The number of rotatable bonds is 7. The summed E-state index contributed by atoms with van der Waals surface area (Å²) in [4.78, 5) is 15.2. The lowest BCUT2D eigenvalue weighted by atomic mass is 10.1. The smallest absolute Gasteiger partial charge is 0.235 e. The molecular weight excluding hydrogens is 458 g/mol. The van der Waals surface area contributed by atoms with Crippen LogP contribution < -0.4 is 5.32 Å². The van der Waals surface area contributed by atoms with Crippen LogP contribution in [-0.2, 0) is 24.2 Å². The first kappa shape index (κ1) is 22.8. The number of hydrogen-bond donors (Lipinski definition) is 1. The van der Waals surface area contributed by atoms with Gasteiger partial charge in [-0.05, 0) is 50.7 Å². The van der Waals surface area contributed by atoms with Crippen LogP contribution in [0.4, 0.5) is 5.00 Å². The van der Waals surface area contributed by atoms with Gasteiger partial charge in [0.15, 0.2) is 11.0 Å². The first-order chi connectivity index (χ1) is 15.5. The fourth-order valence-corrected chi connectivity index (χ4v) is 6.73. The largest absolute Gasteiger partial charge is 0.316 e. The molecule has 1 aliphatic rings. The normalized spacial score (nSPS) is 13.3. The van der Waals surface area contributed by atoms with Crippen LogP contribution in [0, 0.1) is 25.2 Å². The maximum absolute atomic E-state index is 12.7. The third-order valence-corrected chi connectivity index (χ3v) is 8.86. The van der Waals surface area contributed by atoms with Gasteiger partial charge in [0.05, 0.1) is 11.3 Å². The highest BCUT2D eigenvalue weighted by Crippen LogP contribution is 2.37. The average Bonchev–Trinajstić information content (AvgIpc) is 3.37. The Morgan fingerprint density at radius 2 is 2.16 bits per heavy atom. The standard InChI is InChI=1S/C23H25N5OS3/c1-4-10-28-21(18-12-30-15(3)14(18)2)26-27-23(28)31-13-20(29)25-22-17(11-24)16-8-6-5-7-9-19(16)32-22/h4,12H,1,5-10,13H2,2-3H3,(H,25,29). The Kier molecular flexibility index (Phi) is 7.13. The third kappa shape index (κ3) is 4.53. The Balaban J connectivity index is 1.49. The van der Waals surface area contributed by atoms with Crippen molar-refractivity contribution < 1.29 is 4.79 Å². The highest BCUT2D eigenvalue weighted by molar-refractivity contribution is 7.99. The van der Waals surface area contributed by atoms with Gasteiger partial charge in [-0.3, -0.25) is 9.36 Å². The summed E-state index contributed by atoms with van der Waals surface area (Å²) in [5.41, 5.74) is 4.04. The molecule has 0 aliphatic heterocycles. The lowest BCUT2D eigenvalue weighted by molar-refractivity contribution is -0.113. The van der Waals surface area contributed by atoms with Gasteiger partial charge in [0, 0.05) is 27.2 Å². The third-order valence-electron chi connectivity index (χ3n) is 5.67. The molecule has 0 saturated heterocycles. The van der Waals surface area contributed by atoms with E-state index in [4.69, 9.17) is 0 Å². The molecule has 32 heavy (non-hydrogen) atoms. The molecule has 1 amide bonds. The Morgan fingerprint density at radius 3 is 2.88 bits per heavy atom. The zero-order valence-electron chi connectivity index (χ0n) is 18.2. The molecule has 0 unspecified atom stereocenters. The predicted octanol–water partition coefficient (Wildman–Crippen LogP) is 5.74. The summed E-state index contributed by atoms with van der Waals surface area (Å²) >= 11 is 4.60. The highest BCUT2D eigenvalue weighted by Gasteiger charge is 2.22. The molecule has 0 fully saturated rings. The van der Waals surface area contributed by atoms with Gasteiger partial charge in [-0.1, -0.05) is 24.3 Å². The molecule has 9 heteroatoms. The Morgan fingerprint density at radius 1 is 1.34 bits per heavy atom. The number of nitriles is 1. The SMILES string of the molecule is C=CCn1c(SCC(=O)Nc2sc3c(c2C#N)CCCCC3)nnc1-c1csc(C)c1C. The molecule has 0 spiro atoms. The quantitative estimate of drug-likeness (QED) is 0.263. The second-order valence-corrected chi connectivity index (χ2v) is 10.9. The maximum atomic E-state index is 12.7. The molecule has 0 saturated carbocycles. The average molecular weight is 484 g/mol. The van der Waals surface area contributed by atoms with Crippen molar-refractivity contribution in [2.45, 2.75) is 57.7 Å². The number of thioether (sulfide) groups is 1. The minimum atomic E-state index is -0.139. The molecule has 3 aromatic rings. The topological polar surface area (TPSA) is 83.6 Å². The first-order valence-corrected chi connectivity index (χ1v) is 13.3. The molecular formula is C23H25N5OS3. The van der Waals surface area contributed by atoms with E-state index in [1.165, 1.54) is 33.5 Å². The number of amides is 1. The fraction of sp³-hybridized carbons (Fsp3) is 0.391. The number of fused-ring (bicyclic) bond motifs is 1. The first-order valence-electron chi connectivity index (χ1n) is 10.6. The van der Waals surface area contributed by atoms with Crippen molar-refractivity contribution in [1.82, 2.24) is 14.8 Å². The Bertz CT molecular complexity index is 1200. The number of aromatic nitrogens is 3. The minimum absolute atomic E-state index is 0.139. The Hall–Kier alpha value is -2.41. The van der Waals surface area contributed by atoms with Crippen LogP contribution in [0.3, 0.4) is 0 Å². The highest BCUT2D eigenvalue weighted by atomic mass is 32.2. The summed E-state index contributed by atoms with van der Waals surface area (Å²) < 4.78 is 1.99. The number of allylic oxidation sites excluding steroid dienone is 1. The van der Waals surface area contributed by atoms with Crippen molar-refractivity contribution in [3.63, 3.8) is 0 Å².